The van der Waals surface area contributed by atoms with Gasteiger partial charge in [-0.2, -0.15) is 0 Å². The second kappa shape index (κ2) is 10.2. The van der Waals surface area contributed by atoms with Gasteiger partial charge >= 0.3 is 0 Å². The maximum absolute atomic E-state index is 2.38. The van der Waals surface area contributed by atoms with E-state index in [1.807, 2.05) is 11.3 Å². The Labute approximate surface area is 287 Å². The molecule has 0 atom stereocenters. The molecule has 0 saturated heterocycles. The fraction of sp³-hybridized carbons (Fsp3) is 0. The molecule has 0 aliphatic heterocycles. The molecule has 1 heterocycles. The van der Waals surface area contributed by atoms with E-state index in [2.05, 4.69) is 170 Å². The molecule has 0 N–H and O–H groups in total. The van der Waals surface area contributed by atoms with Crippen LogP contribution in [0.3, 0.4) is 0 Å². The van der Waals surface area contributed by atoms with E-state index in [1.54, 1.807) is 0 Å². The predicted molar refractivity (Wildman–Crippen MR) is 215 cm³/mol. The van der Waals surface area contributed by atoms with Crippen molar-refractivity contribution < 1.29 is 0 Å². The highest BCUT2D eigenvalue weighted by atomic mass is 32.1. The number of hydrogen-bond donors (Lipinski definition) is 0. The first-order valence-corrected chi connectivity index (χ1v) is 17.7. The lowest BCUT2D eigenvalue weighted by Crippen LogP contribution is -1.82. The van der Waals surface area contributed by atoms with Crippen LogP contribution in [0.15, 0.2) is 170 Å². The van der Waals surface area contributed by atoms with Gasteiger partial charge < -0.3 is 0 Å². The zero-order valence-electron chi connectivity index (χ0n) is 26.6. The minimum Gasteiger partial charge on any atom is -0.135 e. The summed E-state index contributed by atoms with van der Waals surface area (Å²) in [6, 6.07) is 63.4. The minimum atomic E-state index is 1.25. The average Bonchev–Trinajstić information content (AvgIpc) is 3.53. The molecule has 226 valence electrons. The Kier molecular flexibility index (Phi) is 5.64. The van der Waals surface area contributed by atoms with Crippen LogP contribution < -0.4 is 0 Å². The summed E-state index contributed by atoms with van der Waals surface area (Å²) in [7, 11) is 0. The summed E-state index contributed by atoms with van der Waals surface area (Å²) >= 11 is 1.89. The van der Waals surface area contributed by atoms with Crippen LogP contribution in [0.2, 0.25) is 0 Å². The molecule has 0 fully saturated rings. The Bertz CT molecular complexity index is 2950. The highest BCUT2D eigenvalue weighted by Gasteiger charge is 2.11. The summed E-state index contributed by atoms with van der Waals surface area (Å²) in [5, 5.41) is 18.2. The first-order chi connectivity index (χ1) is 24.2. The topological polar surface area (TPSA) is 0 Å². The Morgan fingerprint density at radius 3 is 1.14 bits per heavy atom. The van der Waals surface area contributed by atoms with E-state index >= 15 is 0 Å². The van der Waals surface area contributed by atoms with Gasteiger partial charge in [-0.25, -0.2) is 0 Å². The normalized spacial score (nSPS) is 12.1. The van der Waals surface area contributed by atoms with Crippen LogP contribution >= 0.6 is 11.3 Å². The summed E-state index contributed by atoms with van der Waals surface area (Å²) in [5.74, 6) is 0. The number of fused-ring (bicyclic) bond motifs is 11. The first kappa shape index (κ1) is 27.0. The van der Waals surface area contributed by atoms with Gasteiger partial charge in [0.2, 0.25) is 0 Å². The van der Waals surface area contributed by atoms with E-state index in [0.717, 1.165) is 0 Å². The molecule has 49 heavy (non-hydrogen) atoms. The Morgan fingerprint density at radius 1 is 0.224 bits per heavy atom. The van der Waals surface area contributed by atoms with Gasteiger partial charge in [0.15, 0.2) is 0 Å². The first-order valence-electron chi connectivity index (χ1n) is 16.9. The van der Waals surface area contributed by atoms with E-state index in [4.69, 9.17) is 0 Å². The number of hydrogen-bond acceptors (Lipinski definition) is 1. The predicted octanol–water partition coefficient (Wildman–Crippen LogP) is 14.3. The zero-order valence-corrected chi connectivity index (χ0v) is 27.4. The third-order valence-corrected chi connectivity index (χ3v) is 11.7. The third kappa shape index (κ3) is 4.23. The molecule has 11 aromatic rings. The summed E-state index contributed by atoms with van der Waals surface area (Å²) in [5.41, 5.74) is 5.03. The van der Waals surface area contributed by atoms with Crippen LogP contribution in [0.25, 0.3) is 107 Å². The van der Waals surface area contributed by atoms with Crippen molar-refractivity contribution in [3.8, 4) is 22.3 Å². The average molecular weight is 637 g/mol. The van der Waals surface area contributed by atoms with Crippen molar-refractivity contribution in [1.82, 2.24) is 0 Å². The molecule has 0 nitrogen and oxygen atoms in total. The third-order valence-electron chi connectivity index (χ3n) is 10.5. The maximum Gasteiger partial charge on any atom is 0.0361 e. The quantitative estimate of drug-likeness (QED) is 0.131. The molecule has 0 aliphatic rings. The van der Waals surface area contributed by atoms with Gasteiger partial charge in [0.1, 0.15) is 0 Å². The lowest BCUT2D eigenvalue weighted by atomic mass is 9.95. The van der Waals surface area contributed by atoms with Crippen molar-refractivity contribution in [3.63, 3.8) is 0 Å². The van der Waals surface area contributed by atoms with Gasteiger partial charge in [0, 0.05) is 20.2 Å². The molecular formula is C48H28S. The highest BCUT2D eigenvalue weighted by molar-refractivity contribution is 7.25. The van der Waals surface area contributed by atoms with E-state index in [1.165, 1.54) is 107 Å². The van der Waals surface area contributed by atoms with E-state index in [-0.39, 0.29) is 0 Å². The molecule has 0 unspecified atom stereocenters. The molecule has 10 aromatic carbocycles. The van der Waals surface area contributed by atoms with E-state index in [9.17, 15) is 0 Å². The largest absolute Gasteiger partial charge is 0.135 e. The Hall–Kier alpha value is -6.02. The SMILES string of the molecule is c1ccc2c(c1)ccc1cc3cc(-c4ccc5c(c4)sc4cc(-c6ccc7cc8c(ccc9ccccc98)cc7c6)ccc45)ccc3cc12. The lowest BCUT2D eigenvalue weighted by molar-refractivity contribution is 1.70. The van der Waals surface area contributed by atoms with Gasteiger partial charge in [0.05, 0.1) is 0 Å². The lowest BCUT2D eigenvalue weighted by Gasteiger charge is -2.09. The fourth-order valence-electron chi connectivity index (χ4n) is 8.00. The van der Waals surface area contributed by atoms with Crippen molar-refractivity contribution in [2.45, 2.75) is 0 Å². The molecule has 11 rings (SSSR count). The van der Waals surface area contributed by atoms with Crippen LogP contribution in [-0.2, 0) is 0 Å². The molecule has 1 aromatic heterocycles. The number of thiophene rings is 1. The standard InChI is InChI=1S/C48H28S/c1-3-7-41-29(5-1)9-15-37-23-39-21-31(11-13-33(39)25-45(37)41)35-17-19-43-44-20-18-36(28-48(44)49-47(43)27-35)32-12-14-34-26-46-38(24-40(34)22-32)16-10-30-6-2-4-8-42(30)46/h1-28H. The second-order valence-corrected chi connectivity index (χ2v) is 14.5. The summed E-state index contributed by atoms with van der Waals surface area (Å²) in [6.07, 6.45) is 0. The minimum absolute atomic E-state index is 1.25. The van der Waals surface area contributed by atoms with Gasteiger partial charge in [-0.15, -0.1) is 11.3 Å². The number of benzene rings is 10. The van der Waals surface area contributed by atoms with E-state index in [0.29, 0.717) is 0 Å². The van der Waals surface area contributed by atoms with Crippen molar-refractivity contribution in [1.29, 1.82) is 0 Å². The summed E-state index contributed by atoms with van der Waals surface area (Å²) < 4.78 is 2.65. The molecule has 0 spiro atoms. The maximum atomic E-state index is 2.38. The van der Waals surface area contributed by atoms with Crippen molar-refractivity contribution >= 4 is 96.1 Å². The Morgan fingerprint density at radius 2 is 0.633 bits per heavy atom. The van der Waals surface area contributed by atoms with Crippen LogP contribution in [0.4, 0.5) is 0 Å². The molecule has 0 saturated carbocycles. The second-order valence-electron chi connectivity index (χ2n) is 13.4. The van der Waals surface area contributed by atoms with Crippen LogP contribution in [0, 0.1) is 0 Å². The van der Waals surface area contributed by atoms with Gasteiger partial charge in [-0.3, -0.25) is 0 Å². The van der Waals surface area contributed by atoms with Crippen molar-refractivity contribution in [2.75, 3.05) is 0 Å². The van der Waals surface area contributed by atoms with E-state index < -0.39 is 0 Å². The van der Waals surface area contributed by atoms with Gasteiger partial charge in [0.25, 0.3) is 0 Å². The van der Waals surface area contributed by atoms with Gasteiger partial charge in [-0.1, -0.05) is 121 Å². The van der Waals surface area contributed by atoms with Gasteiger partial charge in [-0.05, 0) is 135 Å². The smallest absolute Gasteiger partial charge is 0.0361 e. The van der Waals surface area contributed by atoms with Crippen LogP contribution in [0.1, 0.15) is 0 Å². The molecule has 1 heteroatoms. The molecule has 0 amide bonds. The fourth-order valence-corrected chi connectivity index (χ4v) is 9.19. The van der Waals surface area contributed by atoms with Crippen molar-refractivity contribution in [2.24, 2.45) is 0 Å². The zero-order chi connectivity index (χ0) is 32.1. The van der Waals surface area contributed by atoms with Crippen LogP contribution in [0.5, 0.6) is 0 Å². The Balaban J connectivity index is 0.971. The van der Waals surface area contributed by atoms with Crippen molar-refractivity contribution in [3.05, 3.63) is 170 Å². The molecular weight excluding hydrogens is 609 g/mol. The summed E-state index contributed by atoms with van der Waals surface area (Å²) in [4.78, 5) is 0. The van der Waals surface area contributed by atoms with Crippen LogP contribution in [-0.4, -0.2) is 0 Å². The number of rotatable bonds is 2. The summed E-state index contributed by atoms with van der Waals surface area (Å²) in [6.45, 7) is 0. The molecule has 0 radical (unpaired) electrons. The monoisotopic (exact) mass is 636 g/mol. The molecule has 0 aliphatic carbocycles. The highest BCUT2D eigenvalue weighted by Crippen LogP contribution is 2.40. The molecule has 0 bridgehead atoms.